The normalized spacial score (nSPS) is 10.0. The van der Waals surface area contributed by atoms with Crippen LogP contribution in [0.15, 0.2) is 16.9 Å². The standard InChI is InChI=1S/C9H14N4O2/c1-3-12(2)9(15)6-13-8(14)5-4-7(10)11-13/h4-5H,3,6H2,1-2H3,(H2,10,11). The number of nitrogens with zero attached hydrogens (tertiary/aromatic N) is 3. The van der Waals surface area contributed by atoms with Gasteiger partial charge in [-0.3, -0.25) is 9.59 Å². The van der Waals surface area contributed by atoms with E-state index in [9.17, 15) is 9.59 Å². The number of rotatable bonds is 3. The number of anilines is 1. The predicted molar refractivity (Wildman–Crippen MR) is 56.2 cm³/mol. The third-order valence-corrected chi connectivity index (χ3v) is 2.07. The molecule has 0 aliphatic heterocycles. The van der Waals surface area contributed by atoms with Gasteiger partial charge in [0, 0.05) is 19.7 Å². The molecule has 1 amide bonds. The van der Waals surface area contributed by atoms with Gasteiger partial charge in [0.2, 0.25) is 5.91 Å². The summed E-state index contributed by atoms with van der Waals surface area (Å²) in [4.78, 5) is 24.3. The Hall–Kier alpha value is -1.85. The molecule has 82 valence electrons. The minimum atomic E-state index is -0.331. The van der Waals surface area contributed by atoms with E-state index in [1.165, 1.54) is 17.0 Å². The minimum absolute atomic E-state index is 0.0752. The lowest BCUT2D eigenvalue weighted by atomic mass is 10.4. The Labute approximate surface area is 87.3 Å². The van der Waals surface area contributed by atoms with Crippen molar-refractivity contribution in [3.8, 4) is 0 Å². The average molecular weight is 210 g/mol. The molecule has 0 saturated carbocycles. The van der Waals surface area contributed by atoms with Crippen LogP contribution < -0.4 is 11.3 Å². The van der Waals surface area contributed by atoms with Crippen molar-refractivity contribution in [3.05, 3.63) is 22.5 Å². The van der Waals surface area contributed by atoms with Gasteiger partial charge in [0.1, 0.15) is 12.4 Å². The Morgan fingerprint density at radius 1 is 1.60 bits per heavy atom. The van der Waals surface area contributed by atoms with E-state index < -0.39 is 0 Å². The molecule has 6 heteroatoms. The number of likely N-dealkylation sites (N-methyl/N-ethyl adjacent to an activating group) is 1. The number of nitrogen functional groups attached to an aromatic ring is 1. The number of amides is 1. The Kier molecular flexibility index (Phi) is 3.43. The first kappa shape index (κ1) is 11.2. The zero-order valence-electron chi connectivity index (χ0n) is 8.80. The van der Waals surface area contributed by atoms with Crippen LogP contribution in [0.5, 0.6) is 0 Å². The monoisotopic (exact) mass is 210 g/mol. The largest absolute Gasteiger partial charge is 0.382 e. The highest BCUT2D eigenvalue weighted by atomic mass is 16.2. The van der Waals surface area contributed by atoms with E-state index in [1.54, 1.807) is 7.05 Å². The molecule has 0 aromatic carbocycles. The van der Waals surface area contributed by atoms with E-state index in [0.717, 1.165) is 4.68 Å². The van der Waals surface area contributed by atoms with E-state index in [0.29, 0.717) is 6.54 Å². The third kappa shape index (κ3) is 2.80. The summed E-state index contributed by atoms with van der Waals surface area (Å²) in [5, 5.41) is 3.76. The van der Waals surface area contributed by atoms with Gasteiger partial charge in [0.15, 0.2) is 0 Å². The van der Waals surface area contributed by atoms with Gasteiger partial charge in [-0.15, -0.1) is 0 Å². The van der Waals surface area contributed by atoms with Crippen molar-refractivity contribution in [3.63, 3.8) is 0 Å². The number of hydrogen-bond donors (Lipinski definition) is 1. The molecule has 1 aromatic rings. The Balaban J connectivity index is 2.85. The second-order valence-corrected chi connectivity index (χ2v) is 3.16. The van der Waals surface area contributed by atoms with Gasteiger partial charge in [-0.25, -0.2) is 4.68 Å². The van der Waals surface area contributed by atoms with E-state index in [4.69, 9.17) is 5.73 Å². The highest BCUT2D eigenvalue weighted by Gasteiger charge is 2.09. The summed E-state index contributed by atoms with van der Waals surface area (Å²) >= 11 is 0. The summed E-state index contributed by atoms with van der Waals surface area (Å²) in [5.74, 6) is 0.0549. The van der Waals surface area contributed by atoms with Crippen molar-refractivity contribution in [2.24, 2.45) is 0 Å². The van der Waals surface area contributed by atoms with Gasteiger partial charge in [-0.1, -0.05) is 0 Å². The number of carbonyl (C=O) groups excluding carboxylic acids is 1. The average Bonchev–Trinajstić information content (AvgIpc) is 2.22. The maximum absolute atomic E-state index is 11.5. The Bertz CT molecular complexity index is 413. The quantitative estimate of drug-likeness (QED) is 0.715. The van der Waals surface area contributed by atoms with Gasteiger partial charge in [-0.05, 0) is 13.0 Å². The molecule has 15 heavy (non-hydrogen) atoms. The molecular weight excluding hydrogens is 196 g/mol. The smallest absolute Gasteiger partial charge is 0.267 e. The number of nitrogens with two attached hydrogens (primary N) is 1. The maximum atomic E-state index is 11.5. The van der Waals surface area contributed by atoms with Gasteiger partial charge in [0.25, 0.3) is 5.56 Å². The topological polar surface area (TPSA) is 81.2 Å². The van der Waals surface area contributed by atoms with E-state index in [-0.39, 0.29) is 23.8 Å². The molecule has 1 aromatic heterocycles. The lowest BCUT2D eigenvalue weighted by Crippen LogP contribution is -2.34. The third-order valence-electron chi connectivity index (χ3n) is 2.07. The molecule has 1 rings (SSSR count). The van der Waals surface area contributed by atoms with Crippen molar-refractivity contribution in [1.29, 1.82) is 0 Å². The summed E-state index contributed by atoms with van der Waals surface area (Å²) in [6.07, 6.45) is 0. The molecule has 0 aliphatic carbocycles. The molecule has 0 radical (unpaired) electrons. The highest BCUT2D eigenvalue weighted by molar-refractivity contribution is 5.75. The van der Waals surface area contributed by atoms with Gasteiger partial charge in [0.05, 0.1) is 0 Å². The fourth-order valence-corrected chi connectivity index (χ4v) is 1.00. The van der Waals surface area contributed by atoms with Crippen LogP contribution in [-0.2, 0) is 11.3 Å². The molecule has 0 unspecified atom stereocenters. The SMILES string of the molecule is CCN(C)C(=O)Cn1nc(N)ccc1=O. The van der Waals surface area contributed by atoms with Crippen LogP contribution in [-0.4, -0.2) is 34.2 Å². The van der Waals surface area contributed by atoms with E-state index >= 15 is 0 Å². The van der Waals surface area contributed by atoms with E-state index in [1.807, 2.05) is 6.92 Å². The van der Waals surface area contributed by atoms with Crippen LogP contribution in [0.1, 0.15) is 6.92 Å². The van der Waals surface area contributed by atoms with E-state index in [2.05, 4.69) is 5.10 Å². The van der Waals surface area contributed by atoms with Crippen LogP contribution in [0.3, 0.4) is 0 Å². The predicted octanol–water partition coefficient (Wildman–Crippen LogP) is -0.696. The number of carbonyl (C=O) groups is 1. The summed E-state index contributed by atoms with van der Waals surface area (Å²) in [6, 6.07) is 2.70. The maximum Gasteiger partial charge on any atom is 0.267 e. The molecule has 2 N–H and O–H groups in total. The number of hydrogen-bond acceptors (Lipinski definition) is 4. The number of aromatic nitrogens is 2. The lowest BCUT2D eigenvalue weighted by Gasteiger charge is -2.14. The Morgan fingerprint density at radius 2 is 2.27 bits per heavy atom. The summed E-state index contributed by atoms with van der Waals surface area (Å²) in [7, 11) is 1.67. The first-order chi connectivity index (χ1) is 7.04. The summed E-state index contributed by atoms with van der Waals surface area (Å²) in [6.45, 7) is 2.37. The fraction of sp³-hybridized carbons (Fsp3) is 0.444. The van der Waals surface area contributed by atoms with Crippen LogP contribution in [0.25, 0.3) is 0 Å². The zero-order chi connectivity index (χ0) is 11.4. The highest BCUT2D eigenvalue weighted by Crippen LogP contribution is 1.91. The summed E-state index contributed by atoms with van der Waals surface area (Å²) in [5.41, 5.74) is 5.08. The second kappa shape index (κ2) is 4.59. The van der Waals surface area contributed by atoms with Crippen LogP contribution in [0.2, 0.25) is 0 Å². The molecule has 0 bridgehead atoms. The first-order valence-corrected chi connectivity index (χ1v) is 4.62. The molecule has 6 nitrogen and oxygen atoms in total. The molecule has 1 heterocycles. The van der Waals surface area contributed by atoms with Crippen molar-refractivity contribution in [2.75, 3.05) is 19.3 Å². The minimum Gasteiger partial charge on any atom is -0.382 e. The molecule has 0 atom stereocenters. The molecule has 0 spiro atoms. The van der Waals surface area contributed by atoms with Crippen molar-refractivity contribution in [2.45, 2.75) is 13.5 Å². The van der Waals surface area contributed by atoms with Crippen LogP contribution >= 0.6 is 0 Å². The molecule has 0 saturated heterocycles. The first-order valence-electron chi connectivity index (χ1n) is 4.62. The van der Waals surface area contributed by atoms with Gasteiger partial charge in [-0.2, -0.15) is 5.10 Å². The summed E-state index contributed by atoms with van der Waals surface area (Å²) < 4.78 is 1.06. The fourth-order valence-electron chi connectivity index (χ4n) is 1.00. The van der Waals surface area contributed by atoms with Gasteiger partial charge >= 0.3 is 0 Å². The molecular formula is C9H14N4O2. The molecule has 0 fully saturated rings. The van der Waals surface area contributed by atoms with Crippen LogP contribution in [0.4, 0.5) is 5.82 Å². The zero-order valence-corrected chi connectivity index (χ0v) is 8.80. The van der Waals surface area contributed by atoms with Crippen molar-refractivity contribution in [1.82, 2.24) is 14.7 Å². The second-order valence-electron chi connectivity index (χ2n) is 3.16. The van der Waals surface area contributed by atoms with Crippen molar-refractivity contribution >= 4 is 11.7 Å². The van der Waals surface area contributed by atoms with Crippen molar-refractivity contribution < 1.29 is 4.79 Å². The molecule has 0 aliphatic rings. The van der Waals surface area contributed by atoms with Gasteiger partial charge < -0.3 is 10.6 Å². The van der Waals surface area contributed by atoms with Crippen LogP contribution in [0, 0.1) is 0 Å². The lowest BCUT2D eigenvalue weighted by molar-refractivity contribution is -0.130. The Morgan fingerprint density at radius 3 is 2.87 bits per heavy atom.